The van der Waals surface area contributed by atoms with Crippen molar-refractivity contribution in [3.63, 3.8) is 0 Å². The van der Waals surface area contributed by atoms with Crippen LogP contribution in [0.4, 0.5) is 11.4 Å². The number of rotatable bonds is 3. The molecule has 0 heterocycles. The van der Waals surface area contributed by atoms with Crippen LogP contribution in [0.1, 0.15) is 16.4 Å². The van der Waals surface area contributed by atoms with Crippen LogP contribution in [0, 0.1) is 0 Å². The molecule has 0 aliphatic carbocycles. The Balaban J connectivity index is 2.54. The third kappa shape index (κ3) is 3.04. The maximum absolute atomic E-state index is 11.6. The molecule has 0 unspecified atom stereocenters. The molecule has 0 atom stereocenters. The van der Waals surface area contributed by atoms with E-state index in [9.17, 15) is 13.0 Å². The van der Waals surface area contributed by atoms with Crippen LogP contribution in [0.2, 0.25) is 0 Å². The lowest BCUT2D eigenvalue weighted by molar-refractivity contribution is 0.475. The highest BCUT2D eigenvalue weighted by Crippen LogP contribution is 2.30. The lowest BCUT2D eigenvalue weighted by Crippen LogP contribution is -2.13. The molecule has 19 heavy (non-hydrogen) atoms. The van der Waals surface area contributed by atoms with Gasteiger partial charge in [-0.25, -0.2) is 0 Å². The molecule has 2 rings (SSSR count). The van der Waals surface area contributed by atoms with Crippen molar-refractivity contribution in [1.29, 1.82) is 0 Å². The van der Waals surface area contributed by atoms with Gasteiger partial charge in [-0.15, -0.1) is 0 Å². The van der Waals surface area contributed by atoms with E-state index in [1.54, 1.807) is 48.5 Å². The molecule has 100 valence electrons. The van der Waals surface area contributed by atoms with Crippen molar-refractivity contribution in [2.45, 2.75) is 5.25 Å². The minimum atomic E-state index is -4.28. The molecule has 0 spiro atoms. The van der Waals surface area contributed by atoms with Gasteiger partial charge >= 0.3 is 0 Å². The van der Waals surface area contributed by atoms with Crippen molar-refractivity contribution in [3.05, 3.63) is 59.7 Å². The summed E-state index contributed by atoms with van der Waals surface area (Å²) in [5.74, 6) is 0. The summed E-state index contributed by atoms with van der Waals surface area (Å²) in [7, 11) is -4.28. The summed E-state index contributed by atoms with van der Waals surface area (Å²) in [5.41, 5.74) is 13.1. The van der Waals surface area contributed by atoms with Gasteiger partial charge in [-0.05, 0) is 35.4 Å². The van der Waals surface area contributed by atoms with Crippen LogP contribution in [-0.2, 0) is 10.1 Å². The fourth-order valence-electron chi connectivity index (χ4n) is 1.88. The van der Waals surface area contributed by atoms with Gasteiger partial charge in [-0.3, -0.25) is 4.55 Å². The second-order valence-electron chi connectivity index (χ2n) is 4.23. The van der Waals surface area contributed by atoms with Crippen LogP contribution in [0.3, 0.4) is 0 Å². The van der Waals surface area contributed by atoms with Crippen LogP contribution in [-0.4, -0.2) is 13.0 Å². The standard InChI is InChI=1S/C13H14N2O3S/c14-11-5-1-9(2-6-11)13(19(16,17)18)10-3-7-12(15)8-4-10/h1-8,13H,14-15H2,(H,16,17,18). The first-order chi connectivity index (χ1) is 8.88. The van der Waals surface area contributed by atoms with Gasteiger partial charge in [-0.1, -0.05) is 24.3 Å². The molecular formula is C13H14N2O3S. The fourth-order valence-corrected chi connectivity index (χ4v) is 2.88. The molecule has 0 fully saturated rings. The third-order valence-corrected chi connectivity index (χ3v) is 3.92. The molecular weight excluding hydrogens is 264 g/mol. The molecule has 0 bridgehead atoms. The second-order valence-corrected chi connectivity index (χ2v) is 5.73. The molecule has 5 nitrogen and oxygen atoms in total. The molecule has 0 amide bonds. The lowest BCUT2D eigenvalue weighted by Gasteiger charge is -2.15. The monoisotopic (exact) mass is 278 g/mol. The molecule has 0 aliphatic heterocycles. The Morgan fingerprint density at radius 1 is 0.789 bits per heavy atom. The average molecular weight is 278 g/mol. The van der Waals surface area contributed by atoms with E-state index in [1.807, 2.05) is 0 Å². The smallest absolute Gasteiger partial charge is 0.276 e. The van der Waals surface area contributed by atoms with Crippen LogP contribution in [0.15, 0.2) is 48.5 Å². The number of nitrogen functional groups attached to an aromatic ring is 2. The fraction of sp³-hybridized carbons (Fsp3) is 0.0769. The summed E-state index contributed by atoms with van der Waals surface area (Å²) in [6.45, 7) is 0. The van der Waals surface area contributed by atoms with E-state index < -0.39 is 15.4 Å². The highest BCUT2D eigenvalue weighted by Gasteiger charge is 2.26. The summed E-state index contributed by atoms with van der Waals surface area (Å²) < 4.78 is 32.6. The van der Waals surface area contributed by atoms with E-state index in [0.29, 0.717) is 22.5 Å². The van der Waals surface area contributed by atoms with E-state index in [4.69, 9.17) is 11.5 Å². The summed E-state index contributed by atoms with van der Waals surface area (Å²) in [4.78, 5) is 0. The summed E-state index contributed by atoms with van der Waals surface area (Å²) in [6.07, 6.45) is 0. The van der Waals surface area contributed by atoms with Crippen molar-refractivity contribution in [2.75, 3.05) is 11.5 Å². The molecule has 0 radical (unpaired) electrons. The zero-order chi connectivity index (χ0) is 14.0. The average Bonchev–Trinajstić information content (AvgIpc) is 2.33. The van der Waals surface area contributed by atoms with Gasteiger partial charge in [0.2, 0.25) is 0 Å². The number of hydrogen-bond acceptors (Lipinski definition) is 4. The van der Waals surface area contributed by atoms with Crippen molar-refractivity contribution < 1.29 is 13.0 Å². The number of anilines is 2. The topological polar surface area (TPSA) is 106 Å². The lowest BCUT2D eigenvalue weighted by atomic mass is 10.0. The van der Waals surface area contributed by atoms with Gasteiger partial charge in [0.1, 0.15) is 5.25 Å². The Kier molecular flexibility index (Phi) is 3.46. The largest absolute Gasteiger partial charge is 0.399 e. The normalized spacial score (nSPS) is 11.7. The first-order valence-electron chi connectivity index (χ1n) is 5.55. The van der Waals surface area contributed by atoms with Crippen molar-refractivity contribution in [2.24, 2.45) is 0 Å². The number of hydrogen-bond donors (Lipinski definition) is 3. The van der Waals surface area contributed by atoms with Gasteiger partial charge in [0, 0.05) is 11.4 Å². The van der Waals surface area contributed by atoms with Gasteiger partial charge < -0.3 is 11.5 Å². The number of nitrogens with two attached hydrogens (primary N) is 2. The molecule has 0 aliphatic rings. The van der Waals surface area contributed by atoms with Crippen LogP contribution in [0.5, 0.6) is 0 Å². The Morgan fingerprint density at radius 3 is 1.37 bits per heavy atom. The van der Waals surface area contributed by atoms with Crippen molar-refractivity contribution >= 4 is 21.5 Å². The minimum absolute atomic E-state index is 0.446. The van der Waals surface area contributed by atoms with Gasteiger partial charge in [-0.2, -0.15) is 8.42 Å². The summed E-state index contributed by atoms with van der Waals surface area (Å²) in [5, 5.41) is -1.14. The van der Waals surface area contributed by atoms with Crippen LogP contribution >= 0.6 is 0 Å². The van der Waals surface area contributed by atoms with Gasteiger partial charge in [0.25, 0.3) is 10.1 Å². The van der Waals surface area contributed by atoms with Gasteiger partial charge in [0.15, 0.2) is 0 Å². The predicted molar refractivity (Wildman–Crippen MR) is 75.1 cm³/mol. The number of benzene rings is 2. The molecule has 0 aromatic heterocycles. The maximum atomic E-state index is 11.6. The zero-order valence-electron chi connectivity index (χ0n) is 10.0. The second kappa shape index (κ2) is 4.91. The predicted octanol–water partition coefficient (Wildman–Crippen LogP) is 1.83. The first kappa shape index (κ1) is 13.4. The Labute approximate surface area is 111 Å². The van der Waals surface area contributed by atoms with Gasteiger partial charge in [0.05, 0.1) is 0 Å². The Hall–Kier alpha value is -2.05. The van der Waals surface area contributed by atoms with Crippen molar-refractivity contribution in [1.82, 2.24) is 0 Å². The molecule has 0 saturated carbocycles. The van der Waals surface area contributed by atoms with Crippen LogP contribution < -0.4 is 11.5 Å². The Morgan fingerprint density at radius 2 is 1.11 bits per heavy atom. The molecule has 2 aromatic carbocycles. The van der Waals surface area contributed by atoms with E-state index in [2.05, 4.69) is 0 Å². The molecule has 5 N–H and O–H groups in total. The van der Waals surface area contributed by atoms with Crippen LogP contribution in [0.25, 0.3) is 0 Å². The van der Waals surface area contributed by atoms with E-state index >= 15 is 0 Å². The molecule has 6 heteroatoms. The quantitative estimate of drug-likeness (QED) is 0.586. The highest BCUT2D eigenvalue weighted by atomic mass is 32.2. The third-order valence-electron chi connectivity index (χ3n) is 2.78. The SMILES string of the molecule is Nc1ccc(C(c2ccc(N)cc2)S(=O)(=O)O)cc1. The van der Waals surface area contributed by atoms with Crippen molar-refractivity contribution in [3.8, 4) is 0 Å². The molecule has 2 aromatic rings. The summed E-state index contributed by atoms with van der Waals surface area (Å²) in [6, 6.07) is 12.6. The highest BCUT2D eigenvalue weighted by molar-refractivity contribution is 7.86. The minimum Gasteiger partial charge on any atom is -0.399 e. The zero-order valence-corrected chi connectivity index (χ0v) is 10.8. The molecule has 0 saturated heterocycles. The summed E-state index contributed by atoms with van der Waals surface area (Å²) >= 11 is 0. The van der Waals surface area contributed by atoms with E-state index in [1.165, 1.54) is 0 Å². The van der Waals surface area contributed by atoms with E-state index in [0.717, 1.165) is 0 Å². The Bertz CT molecular complexity index is 619. The first-order valence-corrected chi connectivity index (χ1v) is 7.05. The maximum Gasteiger partial charge on any atom is 0.276 e. The van der Waals surface area contributed by atoms with E-state index in [-0.39, 0.29) is 0 Å².